The van der Waals surface area contributed by atoms with E-state index >= 15 is 0 Å². The lowest BCUT2D eigenvalue weighted by Crippen LogP contribution is -2.54. The number of nitrogens with zero attached hydrogens (tertiary/aromatic N) is 2. The summed E-state index contributed by atoms with van der Waals surface area (Å²) >= 11 is 0. The Kier molecular flexibility index (Phi) is 3.94. The molecule has 12 heavy (non-hydrogen) atoms. The van der Waals surface area contributed by atoms with Crippen LogP contribution in [0.25, 0.3) is 0 Å². The van der Waals surface area contributed by atoms with Crippen molar-refractivity contribution >= 4 is 0 Å². The van der Waals surface area contributed by atoms with Crippen LogP contribution in [0, 0.1) is 0 Å². The minimum Gasteiger partial charge on any atom is -0.390 e. The van der Waals surface area contributed by atoms with Gasteiger partial charge in [0.2, 0.25) is 0 Å². The molecule has 0 aromatic heterocycles. The van der Waals surface area contributed by atoms with Crippen molar-refractivity contribution in [1.82, 2.24) is 15.1 Å². The minimum absolute atomic E-state index is 0.0827. The molecular weight excluding hydrogens is 154 g/mol. The van der Waals surface area contributed by atoms with Crippen LogP contribution >= 0.6 is 0 Å². The van der Waals surface area contributed by atoms with E-state index in [1.165, 1.54) is 0 Å². The number of hydrogen-bond acceptors (Lipinski definition) is 4. The summed E-state index contributed by atoms with van der Waals surface area (Å²) in [6.45, 7) is 4.64. The molecule has 2 N–H and O–H groups in total. The molecule has 4 nitrogen and oxygen atoms in total. The third-order valence-corrected chi connectivity index (χ3v) is 2.01. The summed E-state index contributed by atoms with van der Waals surface area (Å²) in [7, 11) is 4.13. The van der Waals surface area contributed by atoms with E-state index in [2.05, 4.69) is 29.2 Å². The van der Waals surface area contributed by atoms with Crippen LogP contribution in [0.15, 0.2) is 0 Å². The van der Waals surface area contributed by atoms with Gasteiger partial charge < -0.3 is 15.3 Å². The van der Waals surface area contributed by atoms with Gasteiger partial charge in [-0.25, -0.2) is 0 Å². The zero-order chi connectivity index (χ0) is 8.97. The molecule has 0 spiro atoms. The van der Waals surface area contributed by atoms with Crippen LogP contribution in [0.4, 0.5) is 0 Å². The van der Waals surface area contributed by atoms with E-state index in [9.17, 15) is 0 Å². The summed E-state index contributed by atoms with van der Waals surface area (Å²) in [6, 6.07) is 0. The Labute approximate surface area is 74.2 Å². The van der Waals surface area contributed by atoms with Crippen LogP contribution in [0.3, 0.4) is 0 Å². The molecule has 0 amide bonds. The molecule has 1 aliphatic heterocycles. The second-order valence-corrected chi connectivity index (χ2v) is 3.65. The summed E-state index contributed by atoms with van der Waals surface area (Å²) in [5, 5.41) is 12.3. The maximum atomic E-state index is 8.99. The van der Waals surface area contributed by atoms with Crippen LogP contribution in [0.5, 0.6) is 0 Å². The molecule has 0 radical (unpaired) electrons. The summed E-state index contributed by atoms with van der Waals surface area (Å²) in [4.78, 5) is 4.35. The highest BCUT2D eigenvalue weighted by Gasteiger charge is 2.22. The fourth-order valence-electron chi connectivity index (χ4n) is 1.21. The van der Waals surface area contributed by atoms with Crippen LogP contribution in [0.2, 0.25) is 0 Å². The molecule has 0 saturated carbocycles. The molecule has 0 bridgehead atoms. The van der Waals surface area contributed by atoms with Gasteiger partial charge in [0.25, 0.3) is 0 Å². The summed E-state index contributed by atoms with van der Waals surface area (Å²) in [6.07, 6.45) is -0.0827. The van der Waals surface area contributed by atoms with E-state index in [0.29, 0.717) is 0 Å². The second-order valence-electron chi connectivity index (χ2n) is 3.65. The SMILES string of the molecule is CN(C)CCNCN1CC(O)C1. The van der Waals surface area contributed by atoms with Crippen LogP contribution in [-0.4, -0.2) is 68.0 Å². The first kappa shape index (κ1) is 9.92. The Hall–Kier alpha value is -0.160. The quantitative estimate of drug-likeness (QED) is 0.511. The molecular formula is C8H19N3O. The second kappa shape index (κ2) is 4.77. The number of rotatable bonds is 5. The standard InChI is InChI=1S/C8H19N3O/c1-10(2)4-3-9-7-11-5-8(12)6-11/h8-9,12H,3-7H2,1-2H3. The van der Waals surface area contributed by atoms with E-state index < -0.39 is 0 Å². The smallest absolute Gasteiger partial charge is 0.0794 e. The molecule has 72 valence electrons. The Morgan fingerprint density at radius 3 is 2.67 bits per heavy atom. The largest absolute Gasteiger partial charge is 0.390 e. The number of aliphatic hydroxyl groups is 1. The highest BCUT2D eigenvalue weighted by molar-refractivity contribution is 4.77. The monoisotopic (exact) mass is 173 g/mol. The van der Waals surface area contributed by atoms with Crippen LogP contribution in [-0.2, 0) is 0 Å². The van der Waals surface area contributed by atoms with Crippen molar-refractivity contribution in [2.45, 2.75) is 6.10 Å². The number of nitrogens with one attached hydrogen (secondary N) is 1. The van der Waals surface area contributed by atoms with Crippen molar-refractivity contribution in [2.24, 2.45) is 0 Å². The molecule has 4 heteroatoms. The van der Waals surface area contributed by atoms with Gasteiger partial charge in [0.1, 0.15) is 0 Å². The average molecular weight is 173 g/mol. The van der Waals surface area contributed by atoms with Crippen molar-refractivity contribution in [2.75, 3.05) is 46.9 Å². The first-order valence-electron chi connectivity index (χ1n) is 4.44. The number of likely N-dealkylation sites (tertiary alicyclic amines) is 1. The molecule has 1 rings (SSSR count). The third-order valence-electron chi connectivity index (χ3n) is 2.01. The van der Waals surface area contributed by atoms with Crippen molar-refractivity contribution in [1.29, 1.82) is 0 Å². The van der Waals surface area contributed by atoms with Crippen LogP contribution < -0.4 is 5.32 Å². The molecule has 0 unspecified atom stereocenters. The minimum atomic E-state index is -0.0827. The van der Waals surface area contributed by atoms with Gasteiger partial charge in [-0.1, -0.05) is 0 Å². The highest BCUT2D eigenvalue weighted by Crippen LogP contribution is 2.03. The van der Waals surface area contributed by atoms with Crippen molar-refractivity contribution < 1.29 is 5.11 Å². The Balaban J connectivity index is 1.83. The van der Waals surface area contributed by atoms with Crippen molar-refractivity contribution in [3.63, 3.8) is 0 Å². The lowest BCUT2D eigenvalue weighted by atomic mass is 10.2. The van der Waals surface area contributed by atoms with Crippen molar-refractivity contribution in [3.8, 4) is 0 Å². The molecule has 0 aromatic carbocycles. The van der Waals surface area contributed by atoms with Crippen molar-refractivity contribution in [3.05, 3.63) is 0 Å². The van der Waals surface area contributed by atoms with E-state index in [4.69, 9.17) is 5.11 Å². The maximum absolute atomic E-state index is 8.99. The first-order chi connectivity index (χ1) is 5.68. The first-order valence-corrected chi connectivity index (χ1v) is 4.44. The maximum Gasteiger partial charge on any atom is 0.0794 e. The normalized spacial score (nSPS) is 20.0. The molecule has 0 aliphatic carbocycles. The van der Waals surface area contributed by atoms with Gasteiger partial charge in [-0.3, -0.25) is 4.90 Å². The van der Waals surface area contributed by atoms with Crippen LogP contribution in [0.1, 0.15) is 0 Å². The number of β-amino-alcohol motifs (C(OH)–C–C–N with tert-alkyl or cyclic N) is 1. The Bertz CT molecular complexity index is 123. The molecule has 1 aliphatic rings. The van der Waals surface area contributed by atoms with E-state index in [1.807, 2.05) is 0 Å². The fraction of sp³-hybridized carbons (Fsp3) is 1.00. The molecule has 1 saturated heterocycles. The third kappa shape index (κ3) is 3.49. The Morgan fingerprint density at radius 1 is 1.50 bits per heavy atom. The fourth-order valence-corrected chi connectivity index (χ4v) is 1.21. The van der Waals surface area contributed by atoms with E-state index in [1.54, 1.807) is 0 Å². The zero-order valence-electron chi connectivity index (χ0n) is 7.95. The highest BCUT2D eigenvalue weighted by atomic mass is 16.3. The molecule has 0 atom stereocenters. The Morgan fingerprint density at radius 2 is 2.17 bits per heavy atom. The van der Waals surface area contributed by atoms with Gasteiger partial charge in [0.15, 0.2) is 0 Å². The lowest BCUT2D eigenvalue weighted by molar-refractivity contribution is -0.00241. The van der Waals surface area contributed by atoms with E-state index in [-0.39, 0.29) is 6.10 Å². The van der Waals surface area contributed by atoms with Gasteiger partial charge in [-0.2, -0.15) is 0 Å². The number of likely N-dealkylation sites (N-methyl/N-ethyl adjacent to an activating group) is 1. The summed E-state index contributed by atoms with van der Waals surface area (Å²) in [5.41, 5.74) is 0. The predicted molar refractivity (Wildman–Crippen MR) is 49.0 cm³/mol. The van der Waals surface area contributed by atoms with Gasteiger partial charge in [-0.15, -0.1) is 0 Å². The average Bonchev–Trinajstić information content (AvgIpc) is 1.93. The molecule has 0 aromatic rings. The zero-order valence-corrected chi connectivity index (χ0v) is 7.95. The lowest BCUT2D eigenvalue weighted by Gasteiger charge is -2.35. The topological polar surface area (TPSA) is 38.7 Å². The van der Waals surface area contributed by atoms with Gasteiger partial charge in [-0.05, 0) is 14.1 Å². The predicted octanol–water partition coefficient (Wildman–Crippen LogP) is -1.23. The van der Waals surface area contributed by atoms with Gasteiger partial charge >= 0.3 is 0 Å². The molecule has 1 heterocycles. The van der Waals surface area contributed by atoms with E-state index in [0.717, 1.165) is 32.8 Å². The number of hydrogen-bond donors (Lipinski definition) is 2. The number of aliphatic hydroxyl groups excluding tert-OH is 1. The van der Waals surface area contributed by atoms with Gasteiger partial charge in [0, 0.05) is 32.8 Å². The summed E-state index contributed by atoms with van der Waals surface area (Å²) in [5.74, 6) is 0. The summed E-state index contributed by atoms with van der Waals surface area (Å²) < 4.78 is 0. The van der Waals surface area contributed by atoms with Gasteiger partial charge in [0.05, 0.1) is 6.10 Å². The molecule has 1 fully saturated rings.